The van der Waals surface area contributed by atoms with E-state index in [9.17, 15) is 9.59 Å². The quantitative estimate of drug-likeness (QED) is 0.393. The monoisotopic (exact) mass is 415 g/mol. The maximum Gasteiger partial charge on any atom is 0.315 e. The van der Waals surface area contributed by atoms with E-state index in [-0.39, 0.29) is 36.0 Å². The Bertz CT molecular complexity index is 850. The number of urea groups is 1. The van der Waals surface area contributed by atoms with Gasteiger partial charge in [0.15, 0.2) is 0 Å². The van der Waals surface area contributed by atoms with E-state index >= 15 is 0 Å². The Hall–Kier alpha value is -2.22. The number of thioether (sulfide) groups is 1. The van der Waals surface area contributed by atoms with Crippen LogP contribution in [0.15, 0.2) is 24.3 Å². The second-order valence-electron chi connectivity index (χ2n) is 8.30. The summed E-state index contributed by atoms with van der Waals surface area (Å²) in [7, 11) is 0. The summed E-state index contributed by atoms with van der Waals surface area (Å²) in [6.07, 6.45) is 3.38. The molecule has 2 aliphatic heterocycles. The number of H-pyrrole nitrogens is 1. The molecule has 0 radical (unpaired) electrons. The number of unbranched alkanes of at least 4 members (excludes halogenated alkanes) is 1. The van der Waals surface area contributed by atoms with E-state index in [1.165, 1.54) is 0 Å². The normalized spacial score (nSPS) is 24.4. The molecule has 2 saturated heterocycles. The second kappa shape index (κ2) is 8.65. The molecule has 7 nitrogen and oxygen atoms in total. The number of benzene rings is 1. The van der Waals surface area contributed by atoms with Crippen molar-refractivity contribution in [3.63, 3.8) is 0 Å². The molecular formula is C21H29N5O2S. The van der Waals surface area contributed by atoms with Gasteiger partial charge < -0.3 is 20.9 Å². The number of amides is 3. The van der Waals surface area contributed by atoms with Crippen molar-refractivity contribution in [3.05, 3.63) is 30.1 Å². The van der Waals surface area contributed by atoms with Gasteiger partial charge >= 0.3 is 6.03 Å². The van der Waals surface area contributed by atoms with Crippen LogP contribution in [0.25, 0.3) is 11.0 Å². The molecule has 2 aromatic rings. The van der Waals surface area contributed by atoms with Gasteiger partial charge in [-0.15, -0.1) is 0 Å². The minimum atomic E-state index is -0.124. The number of hydrogen-bond acceptors (Lipinski definition) is 4. The molecule has 4 rings (SSSR count). The van der Waals surface area contributed by atoms with Crippen LogP contribution in [0, 0.1) is 5.92 Å². The number of nitrogens with zero attached hydrogens (tertiary/aromatic N) is 1. The van der Waals surface area contributed by atoms with Crippen molar-refractivity contribution in [1.29, 1.82) is 0 Å². The van der Waals surface area contributed by atoms with Crippen LogP contribution in [0.3, 0.4) is 0 Å². The lowest BCUT2D eigenvalue weighted by atomic mass is 10.0. The van der Waals surface area contributed by atoms with Gasteiger partial charge in [0.05, 0.1) is 29.2 Å². The van der Waals surface area contributed by atoms with Gasteiger partial charge in [-0.2, -0.15) is 11.8 Å². The number of aromatic nitrogens is 2. The highest BCUT2D eigenvalue weighted by Crippen LogP contribution is 2.33. The lowest BCUT2D eigenvalue weighted by molar-refractivity contribution is -0.122. The molecule has 0 aliphatic carbocycles. The van der Waals surface area contributed by atoms with Crippen molar-refractivity contribution in [2.75, 3.05) is 5.75 Å². The van der Waals surface area contributed by atoms with E-state index in [1.54, 1.807) is 0 Å². The van der Waals surface area contributed by atoms with Crippen molar-refractivity contribution in [1.82, 2.24) is 25.9 Å². The first-order valence-corrected chi connectivity index (χ1v) is 11.5. The van der Waals surface area contributed by atoms with E-state index in [0.29, 0.717) is 11.7 Å². The Labute approximate surface area is 175 Å². The van der Waals surface area contributed by atoms with Gasteiger partial charge in [-0.1, -0.05) is 32.4 Å². The maximum absolute atomic E-state index is 12.5. The average molecular weight is 416 g/mol. The number of rotatable bonds is 8. The molecule has 4 N–H and O–H groups in total. The topological polar surface area (TPSA) is 98.9 Å². The summed E-state index contributed by atoms with van der Waals surface area (Å²) in [5.74, 6) is 2.09. The molecule has 0 bridgehead atoms. The van der Waals surface area contributed by atoms with Crippen molar-refractivity contribution in [2.45, 2.75) is 62.9 Å². The third kappa shape index (κ3) is 4.52. The summed E-state index contributed by atoms with van der Waals surface area (Å²) >= 11 is 1.92. The van der Waals surface area contributed by atoms with Crippen molar-refractivity contribution < 1.29 is 9.59 Å². The molecule has 1 aromatic heterocycles. The lowest BCUT2D eigenvalue weighted by Crippen LogP contribution is -2.36. The summed E-state index contributed by atoms with van der Waals surface area (Å²) in [4.78, 5) is 32.0. The number of nitrogens with one attached hydrogen (secondary N) is 4. The van der Waals surface area contributed by atoms with Crippen LogP contribution < -0.4 is 16.0 Å². The first kappa shape index (κ1) is 20.1. The smallest absolute Gasteiger partial charge is 0.315 e. The first-order valence-electron chi connectivity index (χ1n) is 10.4. The molecular weight excluding hydrogens is 386 g/mol. The number of carbonyl (C=O) groups is 2. The Morgan fingerprint density at radius 3 is 2.90 bits per heavy atom. The van der Waals surface area contributed by atoms with Gasteiger partial charge in [0.25, 0.3) is 0 Å². The van der Waals surface area contributed by atoms with Crippen molar-refractivity contribution >= 4 is 34.7 Å². The van der Waals surface area contributed by atoms with Crippen LogP contribution in [0.1, 0.15) is 51.4 Å². The Kier molecular flexibility index (Phi) is 5.99. The summed E-state index contributed by atoms with van der Waals surface area (Å²) in [6.45, 7) is 4.19. The minimum absolute atomic E-state index is 0.0463. The molecule has 156 valence electrons. The molecule has 0 spiro atoms. The summed E-state index contributed by atoms with van der Waals surface area (Å²) in [5, 5.41) is 9.60. The number of hydrogen-bond donors (Lipinski definition) is 4. The van der Waals surface area contributed by atoms with Crippen LogP contribution >= 0.6 is 11.8 Å². The van der Waals surface area contributed by atoms with Gasteiger partial charge in [-0.3, -0.25) is 4.79 Å². The van der Waals surface area contributed by atoms with Gasteiger partial charge in [-0.25, -0.2) is 9.78 Å². The zero-order valence-corrected chi connectivity index (χ0v) is 17.7. The lowest BCUT2D eigenvalue weighted by Gasteiger charge is -2.20. The van der Waals surface area contributed by atoms with Gasteiger partial charge in [0.2, 0.25) is 5.91 Å². The predicted octanol–water partition coefficient (Wildman–Crippen LogP) is 3.10. The fourth-order valence-electron chi connectivity index (χ4n) is 4.19. The van der Waals surface area contributed by atoms with Crippen LogP contribution in [0.4, 0.5) is 4.79 Å². The predicted molar refractivity (Wildman–Crippen MR) is 116 cm³/mol. The molecule has 1 aromatic carbocycles. The third-order valence-electron chi connectivity index (χ3n) is 5.77. The Morgan fingerprint density at radius 2 is 2.10 bits per heavy atom. The summed E-state index contributed by atoms with van der Waals surface area (Å²) in [5.41, 5.74) is 1.91. The summed E-state index contributed by atoms with van der Waals surface area (Å²) < 4.78 is 0. The van der Waals surface area contributed by atoms with Crippen molar-refractivity contribution in [3.8, 4) is 0 Å². The minimum Gasteiger partial charge on any atom is -0.346 e. The van der Waals surface area contributed by atoms with Crippen molar-refractivity contribution in [2.24, 2.45) is 5.92 Å². The van der Waals surface area contributed by atoms with Gasteiger partial charge in [0.1, 0.15) is 5.82 Å². The Morgan fingerprint density at radius 1 is 1.28 bits per heavy atom. The molecule has 0 unspecified atom stereocenters. The largest absolute Gasteiger partial charge is 0.346 e. The number of fused-ring (bicyclic) bond motifs is 2. The molecule has 8 heteroatoms. The fraction of sp³-hybridized carbons (Fsp3) is 0.571. The van der Waals surface area contributed by atoms with Crippen LogP contribution in [0.5, 0.6) is 0 Å². The van der Waals surface area contributed by atoms with E-state index in [2.05, 4.69) is 39.8 Å². The standard InChI is InChI=1S/C21H29N5O2S/c1-12(2)18(20-22-13-7-3-4-8-14(13)23-20)25-17(27)10-6-5-9-16-19-15(11-29-16)24-21(28)26-19/h3-4,7-8,12,15-16,18-19H,5-6,9-11H2,1-2H3,(H,22,23)(H,25,27)(H2,24,26,28)/t15-,16+,18+,19+/m1/s1. The zero-order valence-electron chi connectivity index (χ0n) is 16.9. The average Bonchev–Trinajstić information content (AvgIpc) is 3.37. The molecule has 3 amide bonds. The molecule has 29 heavy (non-hydrogen) atoms. The SMILES string of the molecule is CC(C)[C@H](NC(=O)CCCC[C@@H]1SC[C@H]2NC(=O)N[C@H]12)c1nc2ccccc2[nH]1. The second-order valence-corrected chi connectivity index (χ2v) is 9.57. The molecule has 0 saturated carbocycles. The number of aromatic amines is 1. The number of imidazole rings is 1. The van der Waals surface area contributed by atoms with E-state index < -0.39 is 0 Å². The molecule has 3 heterocycles. The van der Waals surface area contributed by atoms with Crippen LogP contribution in [0.2, 0.25) is 0 Å². The summed E-state index contributed by atoms with van der Waals surface area (Å²) in [6, 6.07) is 8.24. The molecule has 4 atom stereocenters. The van der Waals surface area contributed by atoms with E-state index in [0.717, 1.165) is 41.9 Å². The molecule has 2 fully saturated rings. The highest BCUT2D eigenvalue weighted by atomic mass is 32.2. The maximum atomic E-state index is 12.5. The van der Waals surface area contributed by atoms with Crippen LogP contribution in [-0.2, 0) is 4.79 Å². The first-order chi connectivity index (χ1) is 14.0. The molecule has 2 aliphatic rings. The Balaban J connectivity index is 1.25. The van der Waals surface area contributed by atoms with Gasteiger partial charge in [-0.05, 0) is 30.9 Å². The third-order valence-corrected chi connectivity index (χ3v) is 7.27. The fourth-order valence-corrected chi connectivity index (χ4v) is 5.73. The van der Waals surface area contributed by atoms with E-state index in [1.807, 2.05) is 36.0 Å². The highest BCUT2D eigenvalue weighted by molar-refractivity contribution is 8.00. The highest BCUT2D eigenvalue weighted by Gasteiger charge is 2.42. The van der Waals surface area contributed by atoms with E-state index in [4.69, 9.17) is 0 Å². The number of carbonyl (C=O) groups excluding carboxylic acids is 2. The zero-order chi connectivity index (χ0) is 20.4. The number of para-hydroxylation sites is 2. The van der Waals surface area contributed by atoms with Crippen LogP contribution in [-0.4, -0.2) is 45.0 Å². The van der Waals surface area contributed by atoms with Gasteiger partial charge in [0, 0.05) is 17.4 Å².